The largest absolute Gasteiger partial charge is 0.403 e. The Bertz CT molecular complexity index is 557. The molecule has 1 amide bonds. The van der Waals surface area contributed by atoms with Crippen LogP contribution in [0.25, 0.3) is 0 Å². The van der Waals surface area contributed by atoms with Gasteiger partial charge in [0.25, 0.3) is 5.91 Å². The Morgan fingerprint density at radius 1 is 1.41 bits per heavy atom. The molecule has 0 radical (unpaired) electrons. The molecule has 7 heteroatoms. The Morgan fingerprint density at radius 3 is 2.77 bits per heavy atom. The minimum atomic E-state index is -0.205. The van der Waals surface area contributed by atoms with Crippen molar-refractivity contribution in [1.29, 1.82) is 0 Å². The lowest BCUT2D eigenvalue weighted by molar-refractivity contribution is -0.114. The van der Waals surface area contributed by atoms with Gasteiger partial charge in [0.15, 0.2) is 0 Å². The number of aromatic nitrogens is 2. The Kier molecular flexibility index (Phi) is 7.60. The lowest BCUT2D eigenvalue weighted by Crippen LogP contribution is -2.31. The van der Waals surface area contributed by atoms with Crippen LogP contribution in [0.2, 0.25) is 0 Å². The highest BCUT2D eigenvalue weighted by Gasteiger charge is 2.07. The maximum absolute atomic E-state index is 12.0. The molecule has 0 saturated carbocycles. The molecule has 0 saturated heterocycles. The quantitative estimate of drug-likeness (QED) is 0.556. The third-order valence-corrected chi connectivity index (χ3v) is 2.95. The van der Waals surface area contributed by atoms with Crippen LogP contribution in [0, 0.1) is 0 Å². The molecule has 7 nitrogen and oxygen atoms in total. The van der Waals surface area contributed by atoms with Gasteiger partial charge in [-0.25, -0.2) is 4.99 Å². The third-order valence-electron chi connectivity index (χ3n) is 2.95. The van der Waals surface area contributed by atoms with E-state index >= 15 is 0 Å². The van der Waals surface area contributed by atoms with Crippen molar-refractivity contribution in [2.45, 2.75) is 33.7 Å². The maximum Gasteiger partial charge on any atom is 0.265 e. The number of rotatable bonds is 8. The summed E-state index contributed by atoms with van der Waals surface area (Å²) >= 11 is 0. The summed E-state index contributed by atoms with van der Waals surface area (Å²) in [6.07, 6.45) is 5.79. The molecule has 0 aliphatic rings. The summed E-state index contributed by atoms with van der Waals surface area (Å²) in [7, 11) is 0. The SMILES string of the molecule is CCN=C(C)/C(=C\N)N=C(C)C(=O)NCCCn1cccn1. The minimum absolute atomic E-state index is 0.205. The highest BCUT2D eigenvalue weighted by molar-refractivity contribution is 6.38. The normalized spacial score (nSPS) is 13.3. The second-order valence-corrected chi connectivity index (χ2v) is 4.69. The van der Waals surface area contributed by atoms with Crippen LogP contribution in [-0.4, -0.2) is 40.2 Å². The summed E-state index contributed by atoms with van der Waals surface area (Å²) in [6.45, 7) is 7.39. The van der Waals surface area contributed by atoms with Gasteiger partial charge in [-0.2, -0.15) is 5.10 Å². The first-order valence-corrected chi connectivity index (χ1v) is 7.32. The number of nitrogens with one attached hydrogen (secondary N) is 1. The van der Waals surface area contributed by atoms with Gasteiger partial charge >= 0.3 is 0 Å². The first kappa shape index (κ1) is 17.6. The van der Waals surface area contributed by atoms with Crippen molar-refractivity contribution in [1.82, 2.24) is 15.1 Å². The molecule has 120 valence electrons. The van der Waals surface area contributed by atoms with Crippen molar-refractivity contribution in [3.8, 4) is 0 Å². The van der Waals surface area contributed by atoms with Crippen molar-refractivity contribution in [2.75, 3.05) is 13.1 Å². The number of amides is 1. The van der Waals surface area contributed by atoms with E-state index in [2.05, 4.69) is 20.4 Å². The maximum atomic E-state index is 12.0. The van der Waals surface area contributed by atoms with Crippen molar-refractivity contribution < 1.29 is 4.79 Å². The Hall–Kier alpha value is -2.44. The number of carbonyl (C=O) groups excluding carboxylic acids is 1. The van der Waals surface area contributed by atoms with Crippen molar-refractivity contribution in [2.24, 2.45) is 15.7 Å². The van der Waals surface area contributed by atoms with Gasteiger partial charge in [-0.3, -0.25) is 14.5 Å². The molecule has 1 rings (SSSR count). The number of carbonyl (C=O) groups is 1. The molecule has 1 heterocycles. The Morgan fingerprint density at radius 2 is 2.18 bits per heavy atom. The minimum Gasteiger partial charge on any atom is -0.403 e. The van der Waals surface area contributed by atoms with Gasteiger partial charge < -0.3 is 11.1 Å². The first-order chi connectivity index (χ1) is 10.6. The van der Waals surface area contributed by atoms with E-state index in [0.29, 0.717) is 24.5 Å². The highest BCUT2D eigenvalue weighted by atomic mass is 16.1. The number of nitrogens with two attached hydrogens (primary N) is 1. The average Bonchev–Trinajstić information content (AvgIpc) is 3.02. The van der Waals surface area contributed by atoms with Crippen LogP contribution in [0.3, 0.4) is 0 Å². The molecule has 1 aromatic heterocycles. The number of hydrogen-bond donors (Lipinski definition) is 2. The first-order valence-electron chi connectivity index (χ1n) is 7.32. The number of aryl methyl sites for hydroxylation is 1. The van der Waals surface area contributed by atoms with Crippen molar-refractivity contribution in [3.63, 3.8) is 0 Å². The zero-order chi connectivity index (χ0) is 16.4. The molecule has 0 bridgehead atoms. The van der Waals surface area contributed by atoms with Crippen LogP contribution < -0.4 is 11.1 Å². The fraction of sp³-hybridized carbons (Fsp3) is 0.467. The summed E-state index contributed by atoms with van der Waals surface area (Å²) in [5, 5.41) is 6.93. The van der Waals surface area contributed by atoms with E-state index in [1.807, 2.05) is 30.8 Å². The van der Waals surface area contributed by atoms with Crippen molar-refractivity contribution >= 4 is 17.3 Å². The monoisotopic (exact) mass is 304 g/mol. The summed E-state index contributed by atoms with van der Waals surface area (Å²) in [4.78, 5) is 20.4. The second kappa shape index (κ2) is 9.49. The number of hydrogen-bond acceptors (Lipinski definition) is 5. The van der Waals surface area contributed by atoms with Gasteiger partial charge in [0.1, 0.15) is 5.71 Å². The highest BCUT2D eigenvalue weighted by Crippen LogP contribution is 2.00. The summed E-state index contributed by atoms with van der Waals surface area (Å²) in [5.74, 6) is -0.205. The van der Waals surface area contributed by atoms with Gasteiger partial charge in [-0.15, -0.1) is 0 Å². The van der Waals surface area contributed by atoms with Gasteiger partial charge in [0, 0.05) is 38.2 Å². The summed E-state index contributed by atoms with van der Waals surface area (Å²) in [5.41, 5.74) is 7.14. The van der Waals surface area contributed by atoms with Crippen LogP contribution in [-0.2, 0) is 11.3 Å². The molecule has 0 aliphatic carbocycles. The molecule has 0 atom stereocenters. The van der Waals surface area contributed by atoms with E-state index in [0.717, 1.165) is 18.7 Å². The van der Waals surface area contributed by atoms with E-state index in [9.17, 15) is 4.79 Å². The zero-order valence-corrected chi connectivity index (χ0v) is 13.4. The van der Waals surface area contributed by atoms with E-state index < -0.39 is 0 Å². The molecule has 0 fully saturated rings. The lowest BCUT2D eigenvalue weighted by atomic mass is 10.3. The molecule has 3 N–H and O–H groups in total. The fourth-order valence-corrected chi connectivity index (χ4v) is 1.79. The second-order valence-electron chi connectivity index (χ2n) is 4.69. The number of nitrogens with zero attached hydrogens (tertiary/aromatic N) is 4. The van der Waals surface area contributed by atoms with Gasteiger partial charge in [0.05, 0.1) is 11.4 Å². The predicted octanol–water partition coefficient (Wildman–Crippen LogP) is 1.13. The zero-order valence-electron chi connectivity index (χ0n) is 13.4. The fourth-order valence-electron chi connectivity index (χ4n) is 1.79. The van der Waals surface area contributed by atoms with E-state index in [1.165, 1.54) is 6.20 Å². The Balaban J connectivity index is 2.46. The summed E-state index contributed by atoms with van der Waals surface area (Å²) in [6, 6.07) is 1.87. The molecule has 0 spiro atoms. The molecule has 0 unspecified atom stereocenters. The van der Waals surface area contributed by atoms with E-state index in [4.69, 9.17) is 5.73 Å². The third kappa shape index (κ3) is 5.90. The smallest absolute Gasteiger partial charge is 0.265 e. The van der Waals surface area contributed by atoms with Crippen LogP contribution in [0.15, 0.2) is 40.3 Å². The standard InChI is InChI=1S/C15H24N6O/c1-4-17-12(2)14(11-16)20-13(3)15(22)18-7-5-9-21-10-6-8-19-21/h6,8,10-11H,4-5,7,9,16H2,1-3H3,(H,18,22)/b14-11+,17-12?,20-13?. The molecule has 1 aromatic rings. The molecule has 22 heavy (non-hydrogen) atoms. The molecule has 0 aliphatic heterocycles. The summed E-state index contributed by atoms with van der Waals surface area (Å²) < 4.78 is 1.83. The van der Waals surface area contributed by atoms with Crippen LogP contribution in [0.5, 0.6) is 0 Å². The topological polar surface area (TPSA) is 97.7 Å². The van der Waals surface area contributed by atoms with Gasteiger partial charge in [0.2, 0.25) is 0 Å². The van der Waals surface area contributed by atoms with Gasteiger partial charge in [-0.05, 0) is 33.3 Å². The van der Waals surface area contributed by atoms with Crippen LogP contribution in [0.4, 0.5) is 0 Å². The average molecular weight is 304 g/mol. The van der Waals surface area contributed by atoms with E-state index in [-0.39, 0.29) is 5.91 Å². The van der Waals surface area contributed by atoms with Crippen molar-refractivity contribution in [3.05, 3.63) is 30.4 Å². The molecular formula is C15H24N6O. The molecular weight excluding hydrogens is 280 g/mol. The molecule has 0 aromatic carbocycles. The van der Waals surface area contributed by atoms with Crippen LogP contribution in [0.1, 0.15) is 27.2 Å². The van der Waals surface area contributed by atoms with Crippen LogP contribution >= 0.6 is 0 Å². The Labute approximate surface area is 131 Å². The van der Waals surface area contributed by atoms with E-state index in [1.54, 1.807) is 13.1 Å². The van der Waals surface area contributed by atoms with Gasteiger partial charge in [-0.1, -0.05) is 0 Å². The number of allylic oxidation sites excluding steroid dienone is 1. The predicted molar refractivity (Wildman–Crippen MR) is 88.9 cm³/mol. The number of aliphatic imine (C=N–C) groups is 2. The lowest BCUT2D eigenvalue weighted by Gasteiger charge is -2.06.